The van der Waals surface area contributed by atoms with E-state index in [2.05, 4.69) is 0 Å². The molecule has 1 aromatic rings. The molecule has 0 saturated carbocycles. The molecule has 1 aromatic carbocycles. The van der Waals surface area contributed by atoms with Crippen LogP contribution in [0.1, 0.15) is 10.4 Å². The maximum atomic E-state index is 12.8. The number of rotatable bonds is 3. The number of ketones is 1. The monoisotopic (exact) mass is 303 g/mol. The molecule has 0 amide bonds. The van der Waals surface area contributed by atoms with Crippen LogP contribution in [0.5, 0.6) is 0 Å². The van der Waals surface area contributed by atoms with Gasteiger partial charge in [0.25, 0.3) is 5.69 Å². The van der Waals surface area contributed by atoms with Crippen LogP contribution in [0.15, 0.2) is 18.2 Å². The summed E-state index contributed by atoms with van der Waals surface area (Å²) in [7, 11) is 0. The van der Waals surface area contributed by atoms with Crippen LogP contribution in [-0.4, -0.2) is 22.8 Å². The number of alkyl halides is 5. The van der Waals surface area contributed by atoms with E-state index in [1.807, 2.05) is 0 Å². The molecule has 0 bridgehead atoms. The number of carbonyl (C=O) groups excluding carboxylic acids is 1. The molecule has 0 spiro atoms. The molecule has 1 rings (SSSR count). The molecule has 0 atom stereocenters. The SMILES string of the molecule is O=C(c1cccc([N+](=O)[O-])c1Cl)C(F)(F)C(F)(F)F. The van der Waals surface area contributed by atoms with Crippen molar-refractivity contribution in [3.63, 3.8) is 0 Å². The van der Waals surface area contributed by atoms with E-state index in [1.54, 1.807) is 0 Å². The van der Waals surface area contributed by atoms with Gasteiger partial charge in [0.2, 0.25) is 5.78 Å². The van der Waals surface area contributed by atoms with Crippen LogP contribution in [0.25, 0.3) is 0 Å². The summed E-state index contributed by atoms with van der Waals surface area (Å²) in [5.74, 6) is -8.32. The van der Waals surface area contributed by atoms with Crippen molar-refractivity contribution in [2.75, 3.05) is 0 Å². The Kier molecular flexibility index (Phi) is 3.80. The normalized spacial score (nSPS) is 12.3. The fourth-order valence-electron chi connectivity index (χ4n) is 1.13. The first kappa shape index (κ1) is 15.3. The Morgan fingerprint density at radius 3 is 2.16 bits per heavy atom. The van der Waals surface area contributed by atoms with E-state index in [-0.39, 0.29) is 0 Å². The summed E-state index contributed by atoms with van der Waals surface area (Å²) >= 11 is 5.29. The topological polar surface area (TPSA) is 60.2 Å². The van der Waals surface area contributed by atoms with Crippen LogP contribution in [0.2, 0.25) is 5.02 Å². The molecular formula is C9H3ClF5NO3. The summed E-state index contributed by atoms with van der Waals surface area (Å²) in [5, 5.41) is 9.38. The number of nitro benzene ring substituents is 1. The lowest BCUT2D eigenvalue weighted by atomic mass is 10.0. The average molecular weight is 304 g/mol. The van der Waals surface area contributed by atoms with Crippen molar-refractivity contribution in [1.82, 2.24) is 0 Å². The summed E-state index contributed by atoms with van der Waals surface area (Å²) in [6, 6.07) is 2.10. The van der Waals surface area contributed by atoms with Crippen molar-refractivity contribution in [3.05, 3.63) is 38.9 Å². The first-order chi connectivity index (χ1) is 8.50. The minimum Gasteiger partial charge on any atom is -0.287 e. The molecule has 0 fully saturated rings. The molecule has 0 aromatic heterocycles. The third kappa shape index (κ3) is 2.65. The number of nitrogens with zero attached hydrogens (tertiary/aromatic N) is 1. The van der Waals surface area contributed by atoms with Crippen molar-refractivity contribution in [3.8, 4) is 0 Å². The number of hydrogen-bond acceptors (Lipinski definition) is 3. The number of carbonyl (C=O) groups is 1. The molecular weight excluding hydrogens is 301 g/mol. The maximum Gasteiger partial charge on any atom is 0.461 e. The van der Waals surface area contributed by atoms with Crippen LogP contribution in [0, 0.1) is 10.1 Å². The van der Waals surface area contributed by atoms with Gasteiger partial charge in [0.15, 0.2) is 0 Å². The van der Waals surface area contributed by atoms with Gasteiger partial charge < -0.3 is 0 Å². The Bertz CT molecular complexity index is 543. The van der Waals surface area contributed by atoms with Crippen molar-refractivity contribution in [2.45, 2.75) is 12.1 Å². The molecule has 19 heavy (non-hydrogen) atoms. The number of Topliss-reactive ketones (excluding diaryl/α,β-unsaturated/α-hetero) is 1. The fourth-order valence-corrected chi connectivity index (χ4v) is 1.41. The van der Waals surface area contributed by atoms with Gasteiger partial charge >= 0.3 is 12.1 Å². The Morgan fingerprint density at radius 2 is 1.74 bits per heavy atom. The highest BCUT2D eigenvalue weighted by atomic mass is 35.5. The molecule has 0 saturated heterocycles. The van der Waals surface area contributed by atoms with Crippen molar-refractivity contribution in [1.29, 1.82) is 0 Å². The highest BCUT2D eigenvalue weighted by molar-refractivity contribution is 6.36. The zero-order valence-electron chi connectivity index (χ0n) is 8.67. The van der Waals surface area contributed by atoms with Crippen LogP contribution in [-0.2, 0) is 0 Å². The van der Waals surface area contributed by atoms with Crippen LogP contribution < -0.4 is 0 Å². The second kappa shape index (κ2) is 4.72. The quantitative estimate of drug-likeness (QED) is 0.371. The summed E-state index contributed by atoms with van der Waals surface area (Å²) in [4.78, 5) is 20.5. The highest BCUT2D eigenvalue weighted by Gasteiger charge is 2.63. The minimum atomic E-state index is -6.11. The van der Waals surface area contributed by atoms with Crippen molar-refractivity contribution >= 4 is 23.1 Å². The maximum absolute atomic E-state index is 12.8. The molecule has 0 aliphatic rings. The smallest absolute Gasteiger partial charge is 0.287 e. The fraction of sp³-hybridized carbons (Fsp3) is 0.222. The average Bonchev–Trinajstić information content (AvgIpc) is 2.26. The van der Waals surface area contributed by atoms with Crippen molar-refractivity contribution in [2.24, 2.45) is 0 Å². The number of halogens is 6. The third-order valence-electron chi connectivity index (χ3n) is 2.06. The summed E-state index contributed by atoms with van der Waals surface area (Å²) < 4.78 is 61.7. The lowest BCUT2D eigenvalue weighted by Crippen LogP contribution is -2.44. The van der Waals surface area contributed by atoms with Gasteiger partial charge in [-0.05, 0) is 6.07 Å². The molecule has 104 valence electrons. The number of hydrogen-bond donors (Lipinski definition) is 0. The second-order valence-electron chi connectivity index (χ2n) is 3.30. The van der Waals surface area contributed by atoms with E-state index in [9.17, 15) is 36.9 Å². The number of nitro groups is 1. The molecule has 0 radical (unpaired) electrons. The lowest BCUT2D eigenvalue weighted by Gasteiger charge is -2.18. The lowest BCUT2D eigenvalue weighted by molar-refractivity contribution is -0.384. The first-order valence-electron chi connectivity index (χ1n) is 4.42. The first-order valence-corrected chi connectivity index (χ1v) is 4.80. The van der Waals surface area contributed by atoms with E-state index >= 15 is 0 Å². The molecule has 0 aliphatic carbocycles. The van der Waals surface area contributed by atoms with E-state index in [1.165, 1.54) is 0 Å². The predicted molar refractivity (Wildman–Crippen MR) is 53.4 cm³/mol. The van der Waals surface area contributed by atoms with Gasteiger partial charge in [-0.3, -0.25) is 14.9 Å². The molecule has 0 N–H and O–H groups in total. The summed E-state index contributed by atoms with van der Waals surface area (Å²) in [6.07, 6.45) is -6.11. The summed E-state index contributed by atoms with van der Waals surface area (Å²) in [6.45, 7) is 0. The Labute approximate surface area is 106 Å². The molecule has 10 heteroatoms. The molecule has 4 nitrogen and oxygen atoms in total. The largest absolute Gasteiger partial charge is 0.461 e. The summed E-state index contributed by atoms with van der Waals surface area (Å²) in [5.41, 5.74) is -2.20. The van der Waals surface area contributed by atoms with Gasteiger partial charge in [-0.2, -0.15) is 22.0 Å². The zero-order valence-corrected chi connectivity index (χ0v) is 9.43. The number of benzene rings is 1. The van der Waals surface area contributed by atoms with Crippen LogP contribution in [0.4, 0.5) is 27.6 Å². The second-order valence-corrected chi connectivity index (χ2v) is 3.68. The van der Waals surface area contributed by atoms with Crippen LogP contribution >= 0.6 is 11.6 Å². The van der Waals surface area contributed by atoms with E-state index in [4.69, 9.17) is 11.6 Å². The van der Waals surface area contributed by atoms with E-state index < -0.39 is 39.1 Å². The van der Waals surface area contributed by atoms with E-state index in [0.29, 0.717) is 6.07 Å². The van der Waals surface area contributed by atoms with Crippen molar-refractivity contribution < 1.29 is 31.7 Å². The molecule has 0 heterocycles. The predicted octanol–water partition coefficient (Wildman–Crippen LogP) is 3.63. The molecule has 0 unspecified atom stereocenters. The Hall–Kier alpha value is -1.77. The van der Waals surface area contributed by atoms with Crippen LogP contribution in [0.3, 0.4) is 0 Å². The molecule has 0 aliphatic heterocycles. The van der Waals surface area contributed by atoms with Gasteiger partial charge in [0.1, 0.15) is 5.02 Å². The minimum absolute atomic E-state index is 0.553. The van der Waals surface area contributed by atoms with Gasteiger partial charge in [-0.15, -0.1) is 0 Å². The highest BCUT2D eigenvalue weighted by Crippen LogP contribution is 2.40. The third-order valence-corrected chi connectivity index (χ3v) is 2.46. The standard InChI is InChI=1S/C9H3ClF5NO3/c10-6-4(2-1-3-5(6)16(18)19)7(17)8(11,12)9(13,14)15/h1-3H. The van der Waals surface area contributed by atoms with E-state index in [0.717, 1.165) is 12.1 Å². The van der Waals surface area contributed by atoms with Gasteiger partial charge in [0.05, 0.1) is 10.5 Å². The van der Waals surface area contributed by atoms with Gasteiger partial charge in [-0.1, -0.05) is 17.7 Å². The Morgan fingerprint density at radius 1 is 1.21 bits per heavy atom. The van der Waals surface area contributed by atoms with Gasteiger partial charge in [0, 0.05) is 6.07 Å². The Balaban J connectivity index is 3.37. The van der Waals surface area contributed by atoms with Gasteiger partial charge in [-0.25, -0.2) is 0 Å². The zero-order chi connectivity index (χ0) is 15.0.